The van der Waals surface area contributed by atoms with E-state index in [4.69, 9.17) is 0 Å². The number of piperidine rings is 1. The molecule has 2 N–H and O–H groups in total. The maximum absolute atomic E-state index is 3.69. The number of hydrogen-bond acceptors (Lipinski definition) is 2. The fraction of sp³-hybridized carbons (Fsp3) is 1.00. The Morgan fingerprint density at radius 3 is 2.79 bits per heavy atom. The van der Waals surface area contributed by atoms with E-state index in [9.17, 15) is 0 Å². The molecular weight excluding hydrogens is 172 g/mol. The maximum atomic E-state index is 3.69. The second-order valence-electron chi connectivity index (χ2n) is 5.23. The summed E-state index contributed by atoms with van der Waals surface area (Å²) in [5.74, 6) is 0.847. The van der Waals surface area contributed by atoms with E-state index in [1.54, 1.807) is 0 Å². The van der Waals surface area contributed by atoms with Gasteiger partial charge in [-0.2, -0.15) is 0 Å². The van der Waals surface area contributed by atoms with Gasteiger partial charge in [-0.25, -0.2) is 0 Å². The quantitative estimate of drug-likeness (QED) is 0.707. The van der Waals surface area contributed by atoms with Crippen LogP contribution in [-0.4, -0.2) is 25.2 Å². The van der Waals surface area contributed by atoms with Crippen LogP contribution in [0.25, 0.3) is 0 Å². The highest BCUT2D eigenvalue weighted by Gasteiger charge is 2.19. The van der Waals surface area contributed by atoms with Gasteiger partial charge >= 0.3 is 0 Å². The van der Waals surface area contributed by atoms with Crippen LogP contribution in [0.15, 0.2) is 0 Å². The van der Waals surface area contributed by atoms with Gasteiger partial charge in [0.1, 0.15) is 0 Å². The summed E-state index contributed by atoms with van der Waals surface area (Å²) in [7, 11) is 0. The normalized spacial score (nSPS) is 23.8. The van der Waals surface area contributed by atoms with E-state index >= 15 is 0 Å². The lowest BCUT2D eigenvalue weighted by molar-refractivity contribution is 0.293. The lowest BCUT2D eigenvalue weighted by Gasteiger charge is -2.30. The molecular formula is C12H26N2. The van der Waals surface area contributed by atoms with E-state index in [1.165, 1.54) is 45.3 Å². The minimum Gasteiger partial charge on any atom is -0.316 e. The van der Waals surface area contributed by atoms with Crippen LogP contribution in [0, 0.1) is 5.92 Å². The molecule has 1 rings (SSSR count). The van der Waals surface area contributed by atoms with Gasteiger partial charge in [0.05, 0.1) is 0 Å². The molecule has 1 saturated heterocycles. The Balaban J connectivity index is 2.17. The van der Waals surface area contributed by atoms with Crippen LogP contribution in [-0.2, 0) is 0 Å². The summed E-state index contributed by atoms with van der Waals surface area (Å²) in [6.07, 6.45) is 5.28. The Labute approximate surface area is 88.8 Å². The molecule has 84 valence electrons. The first-order chi connectivity index (χ1) is 6.64. The molecule has 0 radical (unpaired) electrons. The van der Waals surface area contributed by atoms with Crippen molar-refractivity contribution in [3.05, 3.63) is 0 Å². The minimum atomic E-state index is 0.326. The predicted octanol–water partition coefficient (Wildman–Crippen LogP) is 2.15. The molecule has 1 heterocycles. The third kappa shape index (κ3) is 4.43. The molecule has 1 aliphatic heterocycles. The fourth-order valence-corrected chi connectivity index (χ4v) is 2.23. The average Bonchev–Trinajstić information content (AvgIpc) is 2.17. The van der Waals surface area contributed by atoms with Crippen molar-refractivity contribution in [3.8, 4) is 0 Å². The van der Waals surface area contributed by atoms with E-state index in [0.717, 1.165) is 5.92 Å². The molecule has 0 aliphatic carbocycles. The van der Waals surface area contributed by atoms with E-state index < -0.39 is 0 Å². The summed E-state index contributed by atoms with van der Waals surface area (Å²) in [5.41, 5.74) is 0.326. The van der Waals surface area contributed by atoms with Gasteiger partial charge in [-0.05, 0) is 58.7 Å². The molecule has 0 saturated carbocycles. The number of hydrogen-bond donors (Lipinski definition) is 2. The smallest absolute Gasteiger partial charge is 0.0125 e. The van der Waals surface area contributed by atoms with E-state index in [0.29, 0.717) is 5.54 Å². The molecule has 1 fully saturated rings. The van der Waals surface area contributed by atoms with Gasteiger partial charge < -0.3 is 10.6 Å². The molecule has 0 aromatic carbocycles. The Morgan fingerprint density at radius 1 is 1.43 bits per heavy atom. The zero-order valence-corrected chi connectivity index (χ0v) is 10.0. The first-order valence-electron chi connectivity index (χ1n) is 6.10. The first kappa shape index (κ1) is 12.0. The number of rotatable bonds is 5. The molecule has 1 unspecified atom stereocenters. The van der Waals surface area contributed by atoms with Crippen molar-refractivity contribution in [2.45, 2.75) is 52.0 Å². The van der Waals surface area contributed by atoms with Crippen LogP contribution in [0.3, 0.4) is 0 Å². The van der Waals surface area contributed by atoms with E-state index in [-0.39, 0.29) is 0 Å². The van der Waals surface area contributed by atoms with Crippen molar-refractivity contribution in [2.75, 3.05) is 19.6 Å². The van der Waals surface area contributed by atoms with Crippen LogP contribution in [0.5, 0.6) is 0 Å². The van der Waals surface area contributed by atoms with Gasteiger partial charge in [0.25, 0.3) is 0 Å². The third-order valence-corrected chi connectivity index (χ3v) is 3.14. The van der Waals surface area contributed by atoms with Crippen molar-refractivity contribution < 1.29 is 0 Å². The second-order valence-corrected chi connectivity index (χ2v) is 5.23. The Hall–Kier alpha value is -0.0800. The summed E-state index contributed by atoms with van der Waals surface area (Å²) in [6, 6.07) is 0. The van der Waals surface area contributed by atoms with Gasteiger partial charge in [0.15, 0.2) is 0 Å². The molecule has 0 spiro atoms. The van der Waals surface area contributed by atoms with Crippen molar-refractivity contribution in [3.63, 3.8) is 0 Å². The Kier molecular flexibility index (Phi) is 4.90. The lowest BCUT2D eigenvalue weighted by atomic mass is 9.95. The topological polar surface area (TPSA) is 24.1 Å². The monoisotopic (exact) mass is 198 g/mol. The molecule has 0 amide bonds. The molecule has 1 aliphatic rings. The van der Waals surface area contributed by atoms with Crippen LogP contribution < -0.4 is 10.6 Å². The molecule has 2 nitrogen and oxygen atoms in total. The van der Waals surface area contributed by atoms with E-state index in [2.05, 4.69) is 31.4 Å². The van der Waals surface area contributed by atoms with Crippen LogP contribution >= 0.6 is 0 Å². The molecule has 1 atom stereocenters. The lowest BCUT2D eigenvalue weighted by Crippen LogP contribution is -2.45. The van der Waals surface area contributed by atoms with Gasteiger partial charge in [0, 0.05) is 5.54 Å². The maximum Gasteiger partial charge on any atom is 0.0125 e. The van der Waals surface area contributed by atoms with Gasteiger partial charge in [0.2, 0.25) is 0 Å². The van der Waals surface area contributed by atoms with Crippen molar-refractivity contribution in [1.29, 1.82) is 0 Å². The zero-order valence-electron chi connectivity index (χ0n) is 10.0. The van der Waals surface area contributed by atoms with Gasteiger partial charge in [-0.15, -0.1) is 0 Å². The fourth-order valence-electron chi connectivity index (χ4n) is 2.23. The largest absolute Gasteiger partial charge is 0.316 e. The van der Waals surface area contributed by atoms with Crippen molar-refractivity contribution in [2.24, 2.45) is 5.92 Å². The highest BCUT2D eigenvalue weighted by molar-refractivity contribution is 4.80. The summed E-state index contributed by atoms with van der Waals surface area (Å²) in [4.78, 5) is 0. The van der Waals surface area contributed by atoms with Gasteiger partial charge in [-0.1, -0.05) is 13.3 Å². The van der Waals surface area contributed by atoms with Gasteiger partial charge in [-0.3, -0.25) is 0 Å². The third-order valence-electron chi connectivity index (χ3n) is 3.14. The molecule has 14 heavy (non-hydrogen) atoms. The van der Waals surface area contributed by atoms with Crippen LogP contribution in [0.4, 0.5) is 0 Å². The van der Waals surface area contributed by atoms with Crippen molar-refractivity contribution in [1.82, 2.24) is 10.6 Å². The predicted molar refractivity (Wildman–Crippen MR) is 62.6 cm³/mol. The zero-order chi connectivity index (χ0) is 10.4. The summed E-state index contributed by atoms with van der Waals surface area (Å²) >= 11 is 0. The standard InChI is InChI=1S/C12H26N2/c1-4-7-12(2,3)14-10-11-6-5-8-13-9-11/h11,13-14H,4-10H2,1-3H3. The average molecular weight is 198 g/mol. The molecule has 0 bridgehead atoms. The van der Waals surface area contributed by atoms with Crippen molar-refractivity contribution >= 4 is 0 Å². The highest BCUT2D eigenvalue weighted by atomic mass is 15.0. The SMILES string of the molecule is CCCC(C)(C)NCC1CCCNC1. The minimum absolute atomic E-state index is 0.326. The summed E-state index contributed by atoms with van der Waals surface area (Å²) in [6.45, 7) is 10.5. The van der Waals surface area contributed by atoms with E-state index in [1.807, 2.05) is 0 Å². The van der Waals surface area contributed by atoms with Crippen LogP contribution in [0.1, 0.15) is 46.5 Å². The molecule has 0 aromatic heterocycles. The summed E-state index contributed by atoms with van der Waals surface area (Å²) < 4.78 is 0. The summed E-state index contributed by atoms with van der Waals surface area (Å²) in [5, 5.41) is 7.15. The molecule has 2 heteroatoms. The Morgan fingerprint density at radius 2 is 2.21 bits per heavy atom. The second kappa shape index (κ2) is 5.72. The number of nitrogens with one attached hydrogen (secondary N) is 2. The Bertz CT molecular complexity index is 148. The highest BCUT2D eigenvalue weighted by Crippen LogP contribution is 2.14. The first-order valence-corrected chi connectivity index (χ1v) is 6.10. The molecule has 0 aromatic rings. The van der Waals surface area contributed by atoms with Crippen LogP contribution in [0.2, 0.25) is 0 Å².